The average molecular weight is 324 g/mol. The van der Waals surface area contributed by atoms with Crippen molar-refractivity contribution in [2.24, 2.45) is 7.05 Å². The third-order valence-electron chi connectivity index (χ3n) is 2.69. The SMILES string of the molecule is Cn1cc(NS(=O)(=O)c2ccc(C#N)cc2)cc(Cl)c1=O. The lowest BCUT2D eigenvalue weighted by molar-refractivity contribution is 0.601. The van der Waals surface area contributed by atoms with Crippen LogP contribution in [-0.4, -0.2) is 13.0 Å². The molecule has 2 aromatic rings. The standard InChI is InChI=1S/C13H10ClN3O3S/c1-17-8-10(6-12(14)13(17)18)16-21(19,20)11-4-2-9(7-15)3-5-11/h2-6,8,16H,1H3. The van der Waals surface area contributed by atoms with Gasteiger partial charge in [-0.1, -0.05) is 11.6 Å². The molecule has 1 aromatic heterocycles. The molecule has 1 aromatic carbocycles. The largest absolute Gasteiger partial charge is 0.315 e. The van der Waals surface area contributed by atoms with E-state index in [-0.39, 0.29) is 15.6 Å². The maximum Gasteiger partial charge on any atom is 0.269 e. The summed E-state index contributed by atoms with van der Waals surface area (Å²) in [4.78, 5) is 11.5. The van der Waals surface area contributed by atoms with Gasteiger partial charge in [-0.3, -0.25) is 9.52 Å². The quantitative estimate of drug-likeness (QED) is 0.930. The van der Waals surface area contributed by atoms with Crippen molar-refractivity contribution in [3.05, 3.63) is 57.5 Å². The van der Waals surface area contributed by atoms with E-state index in [4.69, 9.17) is 16.9 Å². The maximum atomic E-state index is 12.2. The van der Waals surface area contributed by atoms with Crippen LogP contribution in [0.2, 0.25) is 5.02 Å². The highest BCUT2D eigenvalue weighted by Gasteiger charge is 2.15. The predicted octanol–water partition coefficient (Wildman–Crippen LogP) is 1.71. The summed E-state index contributed by atoms with van der Waals surface area (Å²) in [6.45, 7) is 0. The van der Waals surface area contributed by atoms with Crippen LogP contribution >= 0.6 is 11.6 Å². The number of nitrogens with one attached hydrogen (secondary N) is 1. The molecule has 108 valence electrons. The third kappa shape index (κ3) is 3.24. The first kappa shape index (κ1) is 15.1. The smallest absolute Gasteiger partial charge is 0.269 e. The van der Waals surface area contributed by atoms with E-state index in [2.05, 4.69) is 4.72 Å². The molecule has 0 aliphatic heterocycles. The Labute approximate surface area is 126 Å². The fourth-order valence-electron chi connectivity index (χ4n) is 1.65. The number of sulfonamides is 1. The summed E-state index contributed by atoms with van der Waals surface area (Å²) in [7, 11) is -2.35. The Bertz CT molecular complexity index is 854. The zero-order valence-corrected chi connectivity index (χ0v) is 12.4. The molecule has 0 saturated heterocycles. The van der Waals surface area contributed by atoms with Gasteiger partial charge in [-0.2, -0.15) is 5.26 Å². The number of hydrogen-bond acceptors (Lipinski definition) is 4. The molecule has 0 aliphatic carbocycles. The first-order valence-corrected chi connectivity index (χ1v) is 7.59. The number of nitrogens with zero attached hydrogens (tertiary/aromatic N) is 2. The van der Waals surface area contributed by atoms with Gasteiger partial charge in [-0.15, -0.1) is 0 Å². The number of aryl methyl sites for hydroxylation is 1. The Morgan fingerprint density at radius 2 is 1.90 bits per heavy atom. The van der Waals surface area contributed by atoms with E-state index >= 15 is 0 Å². The second-order valence-corrected chi connectivity index (χ2v) is 6.32. The molecule has 1 heterocycles. The van der Waals surface area contributed by atoms with Crippen molar-refractivity contribution >= 4 is 27.3 Å². The minimum atomic E-state index is -3.82. The Hall–Kier alpha value is -2.30. The Morgan fingerprint density at radius 1 is 1.29 bits per heavy atom. The Balaban J connectivity index is 2.37. The van der Waals surface area contributed by atoms with E-state index in [0.717, 1.165) is 0 Å². The van der Waals surface area contributed by atoms with E-state index in [1.54, 1.807) is 0 Å². The van der Waals surface area contributed by atoms with Crippen LogP contribution < -0.4 is 10.3 Å². The van der Waals surface area contributed by atoms with Crippen molar-refractivity contribution in [1.82, 2.24) is 4.57 Å². The number of hydrogen-bond donors (Lipinski definition) is 1. The van der Waals surface area contributed by atoms with Gasteiger partial charge in [0.15, 0.2) is 0 Å². The van der Waals surface area contributed by atoms with Crippen LogP contribution in [0, 0.1) is 11.3 Å². The van der Waals surface area contributed by atoms with Crippen LogP contribution in [0.5, 0.6) is 0 Å². The summed E-state index contributed by atoms with van der Waals surface area (Å²) in [6, 6.07) is 8.60. The molecule has 0 aliphatic rings. The summed E-state index contributed by atoms with van der Waals surface area (Å²) in [6.07, 6.45) is 1.33. The zero-order chi connectivity index (χ0) is 15.6. The number of halogens is 1. The lowest BCUT2D eigenvalue weighted by Crippen LogP contribution is -2.19. The third-order valence-corrected chi connectivity index (χ3v) is 4.35. The highest BCUT2D eigenvalue weighted by Crippen LogP contribution is 2.17. The van der Waals surface area contributed by atoms with Crippen LogP contribution in [0.3, 0.4) is 0 Å². The number of aromatic nitrogens is 1. The van der Waals surface area contributed by atoms with Crippen molar-refractivity contribution in [2.45, 2.75) is 4.90 Å². The molecule has 21 heavy (non-hydrogen) atoms. The summed E-state index contributed by atoms with van der Waals surface area (Å²) < 4.78 is 27.9. The molecule has 0 bridgehead atoms. The normalized spacial score (nSPS) is 10.9. The summed E-state index contributed by atoms with van der Waals surface area (Å²) in [5.74, 6) is 0. The lowest BCUT2D eigenvalue weighted by atomic mass is 10.2. The van der Waals surface area contributed by atoms with E-state index in [1.807, 2.05) is 6.07 Å². The van der Waals surface area contributed by atoms with Crippen molar-refractivity contribution in [3.63, 3.8) is 0 Å². The molecule has 0 fully saturated rings. The van der Waals surface area contributed by atoms with E-state index in [0.29, 0.717) is 5.56 Å². The fraction of sp³-hybridized carbons (Fsp3) is 0.0769. The van der Waals surface area contributed by atoms with Gasteiger partial charge >= 0.3 is 0 Å². The second kappa shape index (κ2) is 5.60. The zero-order valence-electron chi connectivity index (χ0n) is 10.9. The van der Waals surface area contributed by atoms with Gasteiger partial charge < -0.3 is 4.57 Å². The number of nitriles is 1. The Kier molecular flexibility index (Phi) is 4.02. The van der Waals surface area contributed by atoms with Gasteiger partial charge in [0.2, 0.25) is 0 Å². The van der Waals surface area contributed by atoms with Crippen molar-refractivity contribution < 1.29 is 8.42 Å². The minimum Gasteiger partial charge on any atom is -0.315 e. The molecule has 0 atom stereocenters. The van der Waals surface area contributed by atoms with E-state index in [9.17, 15) is 13.2 Å². The van der Waals surface area contributed by atoms with Crippen molar-refractivity contribution in [3.8, 4) is 6.07 Å². The molecule has 8 heteroatoms. The summed E-state index contributed by atoms with van der Waals surface area (Å²) >= 11 is 5.73. The molecule has 1 N–H and O–H groups in total. The van der Waals surface area contributed by atoms with Gasteiger partial charge in [0.1, 0.15) is 5.02 Å². The molecular weight excluding hydrogens is 314 g/mol. The number of benzene rings is 1. The van der Waals surface area contributed by atoms with Crippen LogP contribution in [0.4, 0.5) is 5.69 Å². The first-order valence-electron chi connectivity index (χ1n) is 5.72. The highest BCUT2D eigenvalue weighted by atomic mass is 35.5. The van der Waals surface area contributed by atoms with E-state index in [1.165, 1.54) is 48.1 Å². The Morgan fingerprint density at radius 3 is 2.43 bits per heavy atom. The average Bonchev–Trinajstić information content (AvgIpc) is 2.44. The molecule has 0 unspecified atom stereocenters. The van der Waals surface area contributed by atoms with Gasteiger partial charge in [-0.25, -0.2) is 8.42 Å². The fourth-order valence-corrected chi connectivity index (χ4v) is 2.93. The molecule has 0 amide bonds. The van der Waals surface area contributed by atoms with Crippen LogP contribution in [0.1, 0.15) is 5.56 Å². The molecule has 0 spiro atoms. The van der Waals surface area contributed by atoms with Crippen LogP contribution in [0.25, 0.3) is 0 Å². The van der Waals surface area contributed by atoms with Gasteiger partial charge in [0, 0.05) is 13.2 Å². The molecule has 0 saturated carbocycles. The second-order valence-electron chi connectivity index (χ2n) is 4.23. The summed E-state index contributed by atoms with van der Waals surface area (Å²) in [5, 5.41) is 8.61. The van der Waals surface area contributed by atoms with E-state index < -0.39 is 15.6 Å². The van der Waals surface area contributed by atoms with Crippen LogP contribution in [0.15, 0.2) is 46.2 Å². The number of rotatable bonds is 3. The first-order chi connectivity index (χ1) is 9.83. The summed E-state index contributed by atoms with van der Waals surface area (Å²) in [5.41, 5.74) is 0.114. The molecule has 0 radical (unpaired) electrons. The topological polar surface area (TPSA) is 92.0 Å². The number of pyridine rings is 1. The minimum absolute atomic E-state index is 0.00600. The molecule has 6 nitrogen and oxygen atoms in total. The van der Waals surface area contributed by atoms with Crippen LogP contribution in [-0.2, 0) is 17.1 Å². The van der Waals surface area contributed by atoms with Gasteiger partial charge in [0.05, 0.1) is 22.2 Å². The highest BCUT2D eigenvalue weighted by molar-refractivity contribution is 7.92. The predicted molar refractivity (Wildman–Crippen MR) is 78.7 cm³/mol. The monoisotopic (exact) mass is 323 g/mol. The van der Waals surface area contributed by atoms with Gasteiger partial charge in [-0.05, 0) is 30.3 Å². The number of anilines is 1. The maximum absolute atomic E-state index is 12.2. The van der Waals surface area contributed by atoms with Gasteiger partial charge in [0.25, 0.3) is 15.6 Å². The van der Waals surface area contributed by atoms with Crippen molar-refractivity contribution in [2.75, 3.05) is 4.72 Å². The molecule has 2 rings (SSSR count). The lowest BCUT2D eigenvalue weighted by Gasteiger charge is -2.09. The molecular formula is C13H10ClN3O3S. The van der Waals surface area contributed by atoms with Crippen molar-refractivity contribution in [1.29, 1.82) is 5.26 Å².